The Morgan fingerprint density at radius 3 is 2.49 bits per heavy atom. The Hall–Kier alpha value is -4.23. The number of aromatic nitrogens is 5. The van der Waals surface area contributed by atoms with Gasteiger partial charge in [0.05, 0.1) is 30.8 Å². The molecule has 8 nitrogen and oxygen atoms in total. The maximum atomic E-state index is 13.3. The van der Waals surface area contributed by atoms with Crippen LogP contribution in [-0.4, -0.2) is 43.2 Å². The van der Waals surface area contributed by atoms with E-state index in [2.05, 4.69) is 25.5 Å². The van der Waals surface area contributed by atoms with Gasteiger partial charge in [-0.25, -0.2) is 0 Å². The van der Waals surface area contributed by atoms with Crippen LogP contribution in [0.3, 0.4) is 0 Å². The van der Waals surface area contributed by atoms with Crippen LogP contribution in [0.25, 0.3) is 5.57 Å². The van der Waals surface area contributed by atoms with Crippen molar-refractivity contribution < 1.29 is 35.7 Å². The highest BCUT2D eigenvalue weighted by atomic mass is 19.4. The van der Waals surface area contributed by atoms with E-state index in [9.17, 15) is 31.1 Å². The first-order valence-electron chi connectivity index (χ1n) is 11.6. The standard InChI is InChI=1S/C25H24F6N6O2/c1-3-5-17(11-18(6-4-2)25(29,30)31)22-34-21(39-36-22)14-33-23(38)20-12-19(13-24(26,27)28)35-37(20)15-16-7-9-32-10-8-16/h3,5-12H,4,13-15H2,1-2H3,(H,33,38)/b5-3-,17-11+,18-6-. The molecule has 0 bridgehead atoms. The highest BCUT2D eigenvalue weighted by Crippen LogP contribution is 2.30. The predicted octanol–water partition coefficient (Wildman–Crippen LogP) is 5.60. The summed E-state index contributed by atoms with van der Waals surface area (Å²) >= 11 is 0. The van der Waals surface area contributed by atoms with E-state index in [0.717, 1.165) is 22.9 Å². The molecule has 3 rings (SSSR count). The van der Waals surface area contributed by atoms with Gasteiger partial charge in [-0.2, -0.15) is 36.4 Å². The quantitative estimate of drug-likeness (QED) is 0.259. The number of alkyl halides is 6. The van der Waals surface area contributed by atoms with Crippen molar-refractivity contribution >= 4 is 11.5 Å². The summed E-state index contributed by atoms with van der Waals surface area (Å²) in [4.78, 5) is 20.8. The SMILES string of the molecule is C\C=C/C(=C\C(=C\CC)C(F)(F)F)c1noc(CNC(=O)c2cc(CC(F)(F)F)nn2Cc2ccncc2)n1. The fourth-order valence-corrected chi connectivity index (χ4v) is 3.43. The maximum Gasteiger partial charge on any atom is 0.416 e. The second-order valence-corrected chi connectivity index (χ2v) is 8.19. The predicted molar refractivity (Wildman–Crippen MR) is 128 cm³/mol. The van der Waals surface area contributed by atoms with Crippen LogP contribution >= 0.6 is 0 Å². The zero-order valence-corrected chi connectivity index (χ0v) is 20.8. The number of carbonyl (C=O) groups excluding carboxylic acids is 1. The molecule has 39 heavy (non-hydrogen) atoms. The molecular formula is C25H24F6N6O2. The fraction of sp³-hybridized carbons (Fsp3) is 0.320. The Morgan fingerprint density at radius 2 is 1.87 bits per heavy atom. The number of hydrogen-bond acceptors (Lipinski definition) is 6. The first-order valence-corrected chi connectivity index (χ1v) is 11.6. The zero-order chi connectivity index (χ0) is 28.6. The Kier molecular flexibility index (Phi) is 9.43. The molecule has 0 aliphatic carbocycles. The lowest BCUT2D eigenvalue weighted by Gasteiger charge is -2.08. The van der Waals surface area contributed by atoms with E-state index in [-0.39, 0.29) is 48.2 Å². The molecular weight excluding hydrogens is 530 g/mol. The summed E-state index contributed by atoms with van der Waals surface area (Å²) in [5, 5.41) is 10.1. The van der Waals surface area contributed by atoms with Crippen molar-refractivity contribution in [3.8, 4) is 0 Å². The summed E-state index contributed by atoms with van der Waals surface area (Å²) < 4.78 is 85.0. The molecule has 0 saturated heterocycles. The molecule has 0 fully saturated rings. The van der Waals surface area contributed by atoms with Crippen molar-refractivity contribution in [1.82, 2.24) is 30.2 Å². The van der Waals surface area contributed by atoms with E-state index < -0.39 is 30.3 Å². The van der Waals surface area contributed by atoms with E-state index in [1.54, 1.807) is 26.0 Å². The molecule has 0 saturated carbocycles. The third kappa shape index (κ3) is 8.65. The fourth-order valence-electron chi connectivity index (χ4n) is 3.43. The van der Waals surface area contributed by atoms with Gasteiger partial charge < -0.3 is 9.84 Å². The highest BCUT2D eigenvalue weighted by molar-refractivity contribution is 5.92. The summed E-state index contributed by atoms with van der Waals surface area (Å²) in [5.41, 5.74) is -0.679. The number of halogens is 6. The zero-order valence-electron chi connectivity index (χ0n) is 20.8. The van der Waals surface area contributed by atoms with Gasteiger partial charge in [0, 0.05) is 18.0 Å². The van der Waals surface area contributed by atoms with Gasteiger partial charge >= 0.3 is 12.4 Å². The van der Waals surface area contributed by atoms with Crippen LogP contribution < -0.4 is 5.32 Å². The van der Waals surface area contributed by atoms with Crippen LogP contribution in [0.5, 0.6) is 0 Å². The monoisotopic (exact) mass is 554 g/mol. The topological polar surface area (TPSA) is 98.7 Å². The van der Waals surface area contributed by atoms with E-state index in [1.165, 1.54) is 24.5 Å². The number of amides is 1. The van der Waals surface area contributed by atoms with Crippen LogP contribution in [0.1, 0.15) is 53.7 Å². The third-order valence-electron chi connectivity index (χ3n) is 5.06. The van der Waals surface area contributed by atoms with Crippen LogP contribution in [0.15, 0.2) is 65.0 Å². The number of carbonyl (C=O) groups is 1. The molecule has 0 aliphatic heterocycles. The smallest absolute Gasteiger partial charge is 0.342 e. The second-order valence-electron chi connectivity index (χ2n) is 8.19. The molecule has 208 valence electrons. The number of pyridine rings is 1. The van der Waals surface area contributed by atoms with Crippen molar-refractivity contribution in [2.24, 2.45) is 0 Å². The average molecular weight is 554 g/mol. The van der Waals surface area contributed by atoms with Crippen LogP contribution in [-0.2, 0) is 19.5 Å². The van der Waals surface area contributed by atoms with Gasteiger partial charge in [0.2, 0.25) is 11.7 Å². The summed E-state index contributed by atoms with van der Waals surface area (Å²) in [5.74, 6) is -1.03. The molecule has 3 heterocycles. The van der Waals surface area contributed by atoms with E-state index in [0.29, 0.717) is 5.56 Å². The highest BCUT2D eigenvalue weighted by Gasteiger charge is 2.32. The van der Waals surface area contributed by atoms with Gasteiger partial charge in [-0.15, -0.1) is 0 Å². The van der Waals surface area contributed by atoms with E-state index in [1.807, 2.05) is 0 Å². The maximum absolute atomic E-state index is 13.3. The molecule has 0 aliphatic rings. The molecule has 0 unspecified atom stereocenters. The molecule has 3 aromatic heterocycles. The minimum absolute atomic E-state index is 0.0121. The lowest BCUT2D eigenvalue weighted by atomic mass is 10.1. The van der Waals surface area contributed by atoms with Crippen molar-refractivity contribution in [3.05, 3.63) is 89.1 Å². The van der Waals surface area contributed by atoms with Gasteiger partial charge in [-0.3, -0.25) is 14.5 Å². The van der Waals surface area contributed by atoms with Gasteiger partial charge in [0.25, 0.3) is 5.91 Å². The van der Waals surface area contributed by atoms with Crippen LogP contribution in [0, 0.1) is 0 Å². The molecule has 1 N–H and O–H groups in total. The lowest BCUT2D eigenvalue weighted by molar-refractivity contribution is -0.127. The molecule has 0 atom stereocenters. The molecule has 0 radical (unpaired) electrons. The number of hydrogen-bond donors (Lipinski definition) is 1. The second kappa shape index (κ2) is 12.5. The summed E-state index contributed by atoms with van der Waals surface area (Å²) in [6.07, 6.45) is -2.51. The normalized spacial score (nSPS) is 13.3. The summed E-state index contributed by atoms with van der Waals surface area (Å²) in [7, 11) is 0. The summed E-state index contributed by atoms with van der Waals surface area (Å²) in [6.45, 7) is 2.85. The largest absolute Gasteiger partial charge is 0.416 e. The Balaban J connectivity index is 1.80. The number of rotatable bonds is 10. The summed E-state index contributed by atoms with van der Waals surface area (Å²) in [6, 6.07) is 4.29. The number of allylic oxidation sites excluding steroid dienone is 6. The third-order valence-corrected chi connectivity index (χ3v) is 5.06. The molecule has 0 spiro atoms. The minimum Gasteiger partial charge on any atom is -0.342 e. The number of nitrogens with zero attached hydrogens (tertiary/aromatic N) is 5. The van der Waals surface area contributed by atoms with E-state index in [4.69, 9.17) is 4.52 Å². The molecule has 0 aromatic carbocycles. The van der Waals surface area contributed by atoms with Gasteiger partial charge in [-0.05, 0) is 43.2 Å². The first kappa shape index (κ1) is 29.3. The van der Waals surface area contributed by atoms with Crippen molar-refractivity contribution in [1.29, 1.82) is 0 Å². The van der Waals surface area contributed by atoms with Gasteiger partial charge in [-0.1, -0.05) is 30.3 Å². The Morgan fingerprint density at radius 1 is 1.15 bits per heavy atom. The number of nitrogens with one attached hydrogen (secondary N) is 1. The first-order chi connectivity index (χ1) is 18.4. The van der Waals surface area contributed by atoms with Crippen LogP contribution in [0.2, 0.25) is 0 Å². The molecule has 1 amide bonds. The van der Waals surface area contributed by atoms with Gasteiger partial charge in [0.1, 0.15) is 5.69 Å². The van der Waals surface area contributed by atoms with Crippen molar-refractivity contribution in [3.63, 3.8) is 0 Å². The van der Waals surface area contributed by atoms with E-state index >= 15 is 0 Å². The minimum atomic E-state index is -4.59. The van der Waals surface area contributed by atoms with Crippen LogP contribution in [0.4, 0.5) is 26.3 Å². The Labute approximate surface area is 219 Å². The molecule has 3 aromatic rings. The molecule has 14 heteroatoms. The Bertz CT molecular complexity index is 1350. The average Bonchev–Trinajstić information content (AvgIpc) is 3.48. The van der Waals surface area contributed by atoms with Gasteiger partial charge in [0.15, 0.2) is 0 Å². The lowest BCUT2D eigenvalue weighted by Crippen LogP contribution is -2.26. The van der Waals surface area contributed by atoms with Crippen molar-refractivity contribution in [2.75, 3.05) is 0 Å². The van der Waals surface area contributed by atoms with Crippen molar-refractivity contribution in [2.45, 2.75) is 52.1 Å².